The zero-order valence-corrected chi connectivity index (χ0v) is 11.9. The SMILES string of the molecule is COc1ccccc1-c1noc(-c2scc(C)c2N)n1. The Labute approximate surface area is 120 Å². The lowest BCUT2D eigenvalue weighted by Crippen LogP contribution is -1.89. The van der Waals surface area contributed by atoms with Crippen molar-refractivity contribution in [3.63, 3.8) is 0 Å². The van der Waals surface area contributed by atoms with Gasteiger partial charge < -0.3 is 15.0 Å². The van der Waals surface area contributed by atoms with Gasteiger partial charge in [-0.1, -0.05) is 17.3 Å². The average molecular weight is 287 g/mol. The summed E-state index contributed by atoms with van der Waals surface area (Å²) >= 11 is 1.50. The van der Waals surface area contributed by atoms with Crippen LogP contribution in [-0.2, 0) is 0 Å². The first-order valence-electron chi connectivity index (χ1n) is 6.01. The molecule has 0 amide bonds. The molecule has 0 fully saturated rings. The molecule has 5 nitrogen and oxygen atoms in total. The van der Waals surface area contributed by atoms with Gasteiger partial charge in [-0.25, -0.2) is 0 Å². The second-order valence-electron chi connectivity index (χ2n) is 4.28. The van der Waals surface area contributed by atoms with Crippen molar-refractivity contribution < 1.29 is 9.26 Å². The van der Waals surface area contributed by atoms with Gasteiger partial charge in [0.2, 0.25) is 5.82 Å². The van der Waals surface area contributed by atoms with Crippen LogP contribution >= 0.6 is 11.3 Å². The number of ether oxygens (including phenoxy) is 1. The van der Waals surface area contributed by atoms with E-state index in [0.717, 1.165) is 16.0 Å². The van der Waals surface area contributed by atoms with Gasteiger partial charge in [-0.15, -0.1) is 11.3 Å². The molecule has 2 heterocycles. The highest BCUT2D eigenvalue weighted by Gasteiger charge is 2.17. The molecule has 1 aromatic carbocycles. The van der Waals surface area contributed by atoms with E-state index in [9.17, 15) is 0 Å². The Bertz CT molecular complexity index is 748. The zero-order valence-electron chi connectivity index (χ0n) is 11.1. The van der Waals surface area contributed by atoms with E-state index in [1.54, 1.807) is 7.11 Å². The van der Waals surface area contributed by atoms with Crippen LogP contribution < -0.4 is 10.5 Å². The lowest BCUT2D eigenvalue weighted by Gasteiger charge is -2.02. The molecule has 0 unspecified atom stereocenters. The molecular formula is C14H13N3O2S. The molecule has 0 bridgehead atoms. The van der Waals surface area contributed by atoms with E-state index in [0.29, 0.717) is 23.2 Å². The number of nitrogens with two attached hydrogens (primary N) is 1. The molecule has 6 heteroatoms. The number of hydrogen-bond donors (Lipinski definition) is 1. The Morgan fingerprint density at radius 3 is 2.80 bits per heavy atom. The molecule has 0 saturated carbocycles. The number of aryl methyl sites for hydroxylation is 1. The van der Waals surface area contributed by atoms with Crippen molar-refractivity contribution in [1.29, 1.82) is 0 Å². The van der Waals surface area contributed by atoms with Crippen LogP contribution in [0.1, 0.15) is 5.56 Å². The Balaban J connectivity index is 2.04. The summed E-state index contributed by atoms with van der Waals surface area (Å²) in [6, 6.07) is 7.53. The normalized spacial score (nSPS) is 10.7. The van der Waals surface area contributed by atoms with E-state index in [1.807, 2.05) is 36.6 Å². The van der Waals surface area contributed by atoms with E-state index in [2.05, 4.69) is 10.1 Å². The molecule has 0 aliphatic carbocycles. The molecule has 0 atom stereocenters. The summed E-state index contributed by atoms with van der Waals surface area (Å²) in [4.78, 5) is 5.21. The van der Waals surface area contributed by atoms with Crippen LogP contribution in [0.2, 0.25) is 0 Å². The van der Waals surface area contributed by atoms with Crippen LogP contribution in [0.4, 0.5) is 5.69 Å². The number of aromatic nitrogens is 2. The van der Waals surface area contributed by atoms with E-state index < -0.39 is 0 Å². The fourth-order valence-electron chi connectivity index (χ4n) is 1.87. The van der Waals surface area contributed by atoms with Gasteiger partial charge in [-0.3, -0.25) is 0 Å². The first kappa shape index (κ1) is 12.7. The number of methoxy groups -OCH3 is 1. The van der Waals surface area contributed by atoms with E-state index in [1.165, 1.54) is 11.3 Å². The molecule has 3 rings (SSSR count). The van der Waals surface area contributed by atoms with Crippen molar-refractivity contribution in [1.82, 2.24) is 10.1 Å². The van der Waals surface area contributed by atoms with E-state index in [4.69, 9.17) is 15.0 Å². The Hall–Kier alpha value is -2.34. The summed E-state index contributed by atoms with van der Waals surface area (Å²) in [5.41, 5.74) is 8.49. The maximum Gasteiger partial charge on any atom is 0.270 e. The first-order valence-corrected chi connectivity index (χ1v) is 6.89. The van der Waals surface area contributed by atoms with Crippen LogP contribution in [0.3, 0.4) is 0 Å². The summed E-state index contributed by atoms with van der Waals surface area (Å²) in [6.07, 6.45) is 0. The van der Waals surface area contributed by atoms with Crippen molar-refractivity contribution >= 4 is 17.0 Å². The van der Waals surface area contributed by atoms with Crippen molar-refractivity contribution in [3.05, 3.63) is 35.2 Å². The molecule has 2 aromatic heterocycles. The first-order chi connectivity index (χ1) is 9.70. The number of nitrogens with zero attached hydrogens (tertiary/aromatic N) is 2. The van der Waals surface area contributed by atoms with Crippen molar-refractivity contribution in [3.8, 4) is 27.9 Å². The van der Waals surface area contributed by atoms with Gasteiger partial charge in [0.15, 0.2) is 0 Å². The van der Waals surface area contributed by atoms with Gasteiger partial charge in [0, 0.05) is 0 Å². The Morgan fingerprint density at radius 2 is 2.10 bits per heavy atom. The summed E-state index contributed by atoms with van der Waals surface area (Å²) in [5, 5.41) is 5.98. The van der Waals surface area contributed by atoms with E-state index in [-0.39, 0.29) is 0 Å². The number of para-hydroxylation sites is 1. The second-order valence-corrected chi connectivity index (χ2v) is 5.16. The lowest BCUT2D eigenvalue weighted by molar-refractivity contribution is 0.413. The number of thiophene rings is 1. The maximum absolute atomic E-state index is 6.00. The van der Waals surface area contributed by atoms with Crippen molar-refractivity contribution in [2.75, 3.05) is 12.8 Å². The standard InChI is InChI=1S/C14H13N3O2S/c1-8-7-20-12(11(8)15)14-16-13(17-19-14)9-5-3-4-6-10(9)18-2/h3-7H,15H2,1-2H3. The van der Waals surface area contributed by atoms with Gasteiger partial charge in [-0.05, 0) is 30.0 Å². The van der Waals surface area contributed by atoms with Gasteiger partial charge in [0.1, 0.15) is 10.6 Å². The lowest BCUT2D eigenvalue weighted by atomic mass is 10.2. The summed E-state index contributed by atoms with van der Waals surface area (Å²) in [6.45, 7) is 1.95. The molecule has 0 saturated heterocycles. The minimum Gasteiger partial charge on any atom is -0.496 e. The summed E-state index contributed by atoms with van der Waals surface area (Å²) in [5.74, 6) is 1.62. The highest BCUT2D eigenvalue weighted by atomic mass is 32.1. The third kappa shape index (κ3) is 2.04. The quantitative estimate of drug-likeness (QED) is 0.799. The minimum atomic E-state index is 0.432. The van der Waals surface area contributed by atoms with Crippen molar-refractivity contribution in [2.45, 2.75) is 6.92 Å². The molecule has 0 spiro atoms. The highest BCUT2D eigenvalue weighted by molar-refractivity contribution is 7.14. The number of rotatable bonds is 3. The summed E-state index contributed by atoms with van der Waals surface area (Å²) < 4.78 is 10.6. The predicted octanol–water partition coefficient (Wildman–Crippen LogP) is 3.36. The molecule has 20 heavy (non-hydrogen) atoms. The molecule has 102 valence electrons. The van der Waals surface area contributed by atoms with Crippen LogP contribution in [0.5, 0.6) is 5.75 Å². The number of hydrogen-bond acceptors (Lipinski definition) is 6. The molecular weight excluding hydrogens is 274 g/mol. The third-order valence-electron chi connectivity index (χ3n) is 2.99. The largest absolute Gasteiger partial charge is 0.496 e. The Morgan fingerprint density at radius 1 is 1.30 bits per heavy atom. The topological polar surface area (TPSA) is 74.2 Å². The van der Waals surface area contributed by atoms with Crippen LogP contribution in [0, 0.1) is 6.92 Å². The second kappa shape index (κ2) is 4.97. The van der Waals surface area contributed by atoms with Gasteiger partial charge in [0.25, 0.3) is 5.89 Å². The molecule has 0 aliphatic heterocycles. The van der Waals surface area contributed by atoms with Gasteiger partial charge in [-0.2, -0.15) is 4.98 Å². The van der Waals surface area contributed by atoms with E-state index >= 15 is 0 Å². The van der Waals surface area contributed by atoms with Crippen LogP contribution in [-0.4, -0.2) is 17.3 Å². The van der Waals surface area contributed by atoms with Crippen molar-refractivity contribution in [2.24, 2.45) is 0 Å². The summed E-state index contributed by atoms with van der Waals surface area (Å²) in [7, 11) is 1.61. The monoisotopic (exact) mass is 287 g/mol. The fourth-order valence-corrected chi connectivity index (χ4v) is 2.77. The zero-order chi connectivity index (χ0) is 14.1. The highest BCUT2D eigenvalue weighted by Crippen LogP contribution is 2.35. The smallest absolute Gasteiger partial charge is 0.270 e. The van der Waals surface area contributed by atoms with Gasteiger partial charge in [0.05, 0.1) is 18.4 Å². The van der Waals surface area contributed by atoms with Crippen LogP contribution in [0.25, 0.3) is 22.2 Å². The maximum atomic E-state index is 6.00. The fraction of sp³-hybridized carbons (Fsp3) is 0.143. The number of nitrogen functional groups attached to an aromatic ring is 1. The van der Waals surface area contributed by atoms with Crippen LogP contribution in [0.15, 0.2) is 34.2 Å². The average Bonchev–Trinajstić information content (AvgIpc) is 3.07. The number of anilines is 1. The molecule has 0 aliphatic rings. The Kier molecular flexibility index (Phi) is 3.15. The third-order valence-corrected chi connectivity index (χ3v) is 4.09. The molecule has 0 radical (unpaired) electrons. The minimum absolute atomic E-state index is 0.432. The molecule has 2 N–H and O–H groups in total. The number of benzene rings is 1. The molecule has 3 aromatic rings. The predicted molar refractivity (Wildman–Crippen MR) is 78.7 cm³/mol. The van der Waals surface area contributed by atoms with Gasteiger partial charge >= 0.3 is 0 Å².